The molecule has 1 saturated heterocycles. The maximum atomic E-state index is 11.8. The topological polar surface area (TPSA) is 158 Å². The van der Waals surface area contributed by atoms with E-state index in [4.69, 9.17) is 25.1 Å². The predicted molar refractivity (Wildman–Crippen MR) is 144 cm³/mol. The summed E-state index contributed by atoms with van der Waals surface area (Å²) < 4.78 is 45.4. The molecule has 0 spiro atoms. The van der Waals surface area contributed by atoms with Gasteiger partial charge in [0.2, 0.25) is 5.88 Å². The van der Waals surface area contributed by atoms with Gasteiger partial charge in [-0.05, 0) is 51.8 Å². The second-order valence-electron chi connectivity index (χ2n) is 9.11. The third kappa shape index (κ3) is 9.60. The summed E-state index contributed by atoms with van der Waals surface area (Å²) >= 11 is 1.50. The van der Waals surface area contributed by atoms with Crippen molar-refractivity contribution in [3.63, 3.8) is 0 Å². The summed E-state index contributed by atoms with van der Waals surface area (Å²) in [7, 11) is 0. The van der Waals surface area contributed by atoms with Crippen molar-refractivity contribution in [3.05, 3.63) is 35.5 Å². The fourth-order valence-corrected chi connectivity index (χ4v) is 4.37. The highest BCUT2D eigenvalue weighted by Gasteiger charge is 2.38. The van der Waals surface area contributed by atoms with Crippen molar-refractivity contribution < 1.29 is 37.3 Å². The maximum Gasteiger partial charge on any atom is 0.490 e. The lowest BCUT2D eigenvalue weighted by Gasteiger charge is -2.16. The van der Waals surface area contributed by atoms with E-state index in [0.717, 1.165) is 41.2 Å². The van der Waals surface area contributed by atoms with Crippen LogP contribution in [0.25, 0.3) is 16.3 Å². The minimum absolute atomic E-state index is 0.0472. The van der Waals surface area contributed by atoms with E-state index in [1.54, 1.807) is 9.58 Å². The molecule has 3 heterocycles. The number of unbranched alkanes of at least 4 members (excludes halogenated alkanes) is 1. The lowest BCUT2D eigenvalue weighted by Crippen LogP contribution is -2.31. The van der Waals surface area contributed by atoms with Crippen molar-refractivity contribution in [2.45, 2.75) is 45.4 Å². The molecule has 0 unspecified atom stereocenters. The van der Waals surface area contributed by atoms with Crippen LogP contribution < -0.4 is 20.5 Å². The number of nitrogens with two attached hydrogens (primary N) is 1. The Morgan fingerprint density at radius 2 is 2.05 bits per heavy atom. The zero-order chi connectivity index (χ0) is 30.0. The molecule has 2 aromatic heterocycles. The Hall–Kier alpha value is -3.92. The second-order valence-corrected chi connectivity index (χ2v) is 9.97. The van der Waals surface area contributed by atoms with Crippen LogP contribution in [-0.4, -0.2) is 87.1 Å². The number of aromatic nitrogens is 4. The smallest absolute Gasteiger partial charge is 0.490 e. The molecule has 4 rings (SSSR count). The molecule has 0 atom stereocenters. The molecular formula is C25H32F3N7O5S. The van der Waals surface area contributed by atoms with Gasteiger partial charge >= 0.3 is 18.2 Å². The van der Waals surface area contributed by atoms with Gasteiger partial charge in [-0.1, -0.05) is 5.21 Å². The fraction of sp³-hybridized carbons (Fsp3) is 0.480. The number of carbonyl (C=O) groups excluding carboxylic acids is 1. The first kappa shape index (κ1) is 31.6. The van der Waals surface area contributed by atoms with Gasteiger partial charge in [-0.2, -0.15) is 13.2 Å². The monoisotopic (exact) mass is 599 g/mol. The Balaban J connectivity index is 0.000000587. The van der Waals surface area contributed by atoms with Gasteiger partial charge in [-0.15, -0.1) is 16.4 Å². The standard InChI is InChI=1S/C23H31N7O3S.C2HF3O2/c1-16(2)33-21-15-34-22(26-21)19-7-6-18(30-14-17(27-28-30)5-3-4-8-24)13-20(19)32-12-11-29-10-9-25-23(29)31;3-2(4,5)1(6)7/h6-7,13-16H,3-5,8-12,24H2,1-2H3,(H,25,31);(H,6,7). The molecule has 0 saturated carbocycles. The molecule has 12 nitrogen and oxygen atoms in total. The van der Waals surface area contributed by atoms with E-state index in [-0.39, 0.29) is 12.1 Å². The average molecular weight is 600 g/mol. The van der Waals surface area contributed by atoms with Crippen LogP contribution in [-0.2, 0) is 11.2 Å². The number of halogens is 3. The average Bonchev–Trinajstić information content (AvgIpc) is 3.66. The molecule has 0 aliphatic carbocycles. The molecular weight excluding hydrogens is 567 g/mol. The van der Waals surface area contributed by atoms with Crippen LogP contribution in [0.2, 0.25) is 0 Å². The van der Waals surface area contributed by atoms with Crippen LogP contribution in [0.4, 0.5) is 18.0 Å². The van der Waals surface area contributed by atoms with E-state index in [1.807, 2.05) is 43.6 Å². The zero-order valence-corrected chi connectivity index (χ0v) is 23.4. The highest BCUT2D eigenvalue weighted by atomic mass is 32.1. The number of thiazole rings is 1. The van der Waals surface area contributed by atoms with Crippen molar-refractivity contribution in [1.82, 2.24) is 30.2 Å². The van der Waals surface area contributed by atoms with Crippen LogP contribution in [0.5, 0.6) is 11.6 Å². The summed E-state index contributed by atoms with van der Waals surface area (Å²) in [5, 5.41) is 21.2. The summed E-state index contributed by atoms with van der Waals surface area (Å²) in [5.74, 6) is -1.49. The van der Waals surface area contributed by atoms with Crippen LogP contribution in [0.3, 0.4) is 0 Å². The molecule has 224 valence electrons. The Bertz CT molecular complexity index is 1300. The number of amides is 2. The number of benzene rings is 1. The van der Waals surface area contributed by atoms with Gasteiger partial charge in [0.05, 0.1) is 41.2 Å². The van der Waals surface area contributed by atoms with Crippen LogP contribution in [0.1, 0.15) is 32.4 Å². The van der Waals surface area contributed by atoms with Crippen molar-refractivity contribution in [2.75, 3.05) is 32.8 Å². The lowest BCUT2D eigenvalue weighted by molar-refractivity contribution is -0.192. The molecule has 0 radical (unpaired) electrons. The SMILES string of the molecule is CC(C)Oc1csc(-c2ccc(-n3cc(CCCCN)nn3)cc2OCCN2CCNC2=O)n1.O=C(O)C(F)(F)F. The predicted octanol–water partition coefficient (Wildman–Crippen LogP) is 3.50. The summed E-state index contributed by atoms with van der Waals surface area (Å²) in [6.07, 6.45) is -0.315. The number of aliphatic carboxylic acids is 1. The van der Waals surface area contributed by atoms with Gasteiger partial charge in [0.1, 0.15) is 17.4 Å². The summed E-state index contributed by atoms with van der Waals surface area (Å²) in [6, 6.07) is 5.82. The van der Waals surface area contributed by atoms with Gasteiger partial charge in [-0.25, -0.2) is 19.3 Å². The van der Waals surface area contributed by atoms with Crippen LogP contribution >= 0.6 is 11.3 Å². The summed E-state index contributed by atoms with van der Waals surface area (Å²) in [4.78, 5) is 27.1. The maximum absolute atomic E-state index is 11.8. The normalized spacial score (nSPS) is 13.1. The minimum Gasteiger partial charge on any atom is -0.491 e. The van der Waals surface area contributed by atoms with Crippen LogP contribution in [0, 0.1) is 0 Å². The van der Waals surface area contributed by atoms with E-state index in [9.17, 15) is 18.0 Å². The molecule has 3 aromatic rings. The Kier molecular flexibility index (Phi) is 11.3. The van der Waals surface area contributed by atoms with Crippen molar-refractivity contribution in [2.24, 2.45) is 5.73 Å². The van der Waals surface area contributed by atoms with Gasteiger partial charge in [0.15, 0.2) is 0 Å². The molecule has 1 aliphatic heterocycles. The Morgan fingerprint density at radius 1 is 1.29 bits per heavy atom. The number of ether oxygens (including phenoxy) is 2. The highest BCUT2D eigenvalue weighted by Crippen LogP contribution is 2.36. The number of nitrogens with one attached hydrogen (secondary N) is 1. The molecule has 2 amide bonds. The van der Waals surface area contributed by atoms with E-state index in [1.165, 1.54) is 11.3 Å². The third-order valence-corrected chi connectivity index (χ3v) is 6.39. The quantitative estimate of drug-likeness (QED) is 0.265. The highest BCUT2D eigenvalue weighted by molar-refractivity contribution is 7.13. The van der Waals surface area contributed by atoms with Gasteiger partial charge in [0.25, 0.3) is 0 Å². The molecule has 41 heavy (non-hydrogen) atoms. The van der Waals surface area contributed by atoms with Gasteiger partial charge in [-0.3, -0.25) is 0 Å². The number of alkyl halides is 3. The summed E-state index contributed by atoms with van der Waals surface area (Å²) in [5.41, 5.74) is 8.21. The van der Waals surface area contributed by atoms with Gasteiger partial charge < -0.3 is 30.5 Å². The van der Waals surface area contributed by atoms with Gasteiger partial charge in [0, 0.05) is 19.2 Å². The number of carbonyl (C=O) groups is 2. The van der Waals surface area contributed by atoms with Crippen molar-refractivity contribution in [3.8, 4) is 27.9 Å². The minimum atomic E-state index is -5.08. The number of hydrogen-bond donors (Lipinski definition) is 3. The third-order valence-electron chi connectivity index (χ3n) is 5.53. The Morgan fingerprint density at radius 3 is 2.68 bits per heavy atom. The molecule has 1 fully saturated rings. The van der Waals surface area contributed by atoms with Crippen molar-refractivity contribution >= 4 is 23.3 Å². The molecule has 4 N–H and O–H groups in total. The molecule has 1 aromatic carbocycles. The first-order valence-electron chi connectivity index (χ1n) is 12.8. The first-order chi connectivity index (χ1) is 19.5. The number of urea groups is 1. The number of hydrogen-bond acceptors (Lipinski definition) is 9. The first-order valence-corrected chi connectivity index (χ1v) is 13.7. The molecule has 16 heteroatoms. The second kappa shape index (κ2) is 14.6. The van der Waals surface area contributed by atoms with Crippen molar-refractivity contribution in [1.29, 1.82) is 0 Å². The number of rotatable bonds is 12. The van der Waals surface area contributed by atoms with E-state index in [0.29, 0.717) is 44.4 Å². The largest absolute Gasteiger partial charge is 0.491 e. The number of carboxylic acid groups (broad SMARTS) is 1. The number of nitrogens with zero attached hydrogens (tertiary/aromatic N) is 5. The lowest BCUT2D eigenvalue weighted by atomic mass is 10.2. The Labute approximate surface area is 238 Å². The fourth-order valence-electron chi connectivity index (χ4n) is 3.61. The molecule has 1 aliphatic rings. The van der Waals surface area contributed by atoms with E-state index < -0.39 is 12.1 Å². The van der Waals surface area contributed by atoms with E-state index >= 15 is 0 Å². The number of aryl methyl sites for hydroxylation is 1. The zero-order valence-electron chi connectivity index (χ0n) is 22.6. The summed E-state index contributed by atoms with van der Waals surface area (Å²) in [6.45, 7) is 6.84. The number of carboxylic acids is 1. The molecule has 0 bridgehead atoms. The van der Waals surface area contributed by atoms with E-state index in [2.05, 4.69) is 20.6 Å². The van der Waals surface area contributed by atoms with Crippen LogP contribution in [0.15, 0.2) is 29.8 Å².